The zero-order valence-electron chi connectivity index (χ0n) is 16.1. The second kappa shape index (κ2) is 7.96. The molecule has 0 saturated carbocycles. The third kappa shape index (κ3) is 3.93. The van der Waals surface area contributed by atoms with Crippen molar-refractivity contribution in [3.05, 3.63) is 33.6 Å². The fourth-order valence-electron chi connectivity index (χ4n) is 3.65. The van der Waals surface area contributed by atoms with Crippen molar-refractivity contribution >= 4 is 23.5 Å². The first kappa shape index (κ1) is 19.0. The van der Waals surface area contributed by atoms with Crippen LogP contribution in [0.15, 0.2) is 20.4 Å². The number of thioether (sulfide) groups is 1. The van der Waals surface area contributed by atoms with Crippen molar-refractivity contribution in [2.45, 2.75) is 31.2 Å². The van der Waals surface area contributed by atoms with E-state index in [9.17, 15) is 9.59 Å². The molecule has 0 spiro atoms. The van der Waals surface area contributed by atoms with Crippen LogP contribution in [0.5, 0.6) is 0 Å². The minimum atomic E-state index is -0.250. The summed E-state index contributed by atoms with van der Waals surface area (Å²) in [4.78, 5) is 31.5. The van der Waals surface area contributed by atoms with Crippen LogP contribution in [-0.2, 0) is 17.6 Å². The number of aryl methyl sites for hydroxylation is 1. The van der Waals surface area contributed by atoms with Gasteiger partial charge in [-0.3, -0.25) is 4.79 Å². The summed E-state index contributed by atoms with van der Waals surface area (Å²) in [7, 11) is 2.09. The van der Waals surface area contributed by atoms with Crippen LogP contribution in [0.4, 0.5) is 5.82 Å². The molecule has 0 bridgehead atoms. The maximum atomic E-state index is 12.8. The van der Waals surface area contributed by atoms with Gasteiger partial charge in [0.05, 0.1) is 11.4 Å². The van der Waals surface area contributed by atoms with Gasteiger partial charge in [-0.05, 0) is 33.2 Å². The number of likely N-dealkylation sites (N-methyl/N-ethyl adjacent to an activating group) is 1. The van der Waals surface area contributed by atoms with E-state index >= 15 is 0 Å². The Labute approximate surface area is 167 Å². The summed E-state index contributed by atoms with van der Waals surface area (Å²) < 4.78 is 6.72. The molecule has 2 aromatic heterocycles. The van der Waals surface area contributed by atoms with Crippen LogP contribution in [0.1, 0.15) is 23.4 Å². The Morgan fingerprint density at radius 3 is 2.79 bits per heavy atom. The first-order valence-corrected chi connectivity index (χ1v) is 10.4. The van der Waals surface area contributed by atoms with Crippen molar-refractivity contribution in [2.24, 2.45) is 0 Å². The highest BCUT2D eigenvalue weighted by Crippen LogP contribution is 2.29. The molecule has 0 aromatic carbocycles. The molecule has 2 aliphatic rings. The van der Waals surface area contributed by atoms with Crippen LogP contribution in [0.25, 0.3) is 0 Å². The third-order valence-electron chi connectivity index (χ3n) is 5.08. The van der Waals surface area contributed by atoms with Crippen molar-refractivity contribution in [1.82, 2.24) is 19.7 Å². The number of fused-ring (bicyclic) bond motifs is 1. The minimum Gasteiger partial charge on any atom is -0.360 e. The normalized spacial score (nSPS) is 17.0. The number of nitrogens with zero attached hydrogens (tertiary/aromatic N) is 5. The van der Waals surface area contributed by atoms with Crippen LogP contribution >= 0.6 is 11.8 Å². The molecule has 2 aromatic rings. The molecule has 1 fully saturated rings. The van der Waals surface area contributed by atoms with Gasteiger partial charge in [0.25, 0.3) is 0 Å². The Kier molecular flexibility index (Phi) is 5.40. The van der Waals surface area contributed by atoms with E-state index in [2.05, 4.69) is 32.4 Å². The lowest BCUT2D eigenvalue weighted by molar-refractivity contribution is -0.113. The Hall–Kier alpha value is -2.33. The number of hydrogen-bond donors (Lipinski definition) is 1. The number of carbonyl (C=O) groups excluding carboxylic acids is 1. The average Bonchev–Trinajstić information content (AvgIpc) is 3.30. The molecule has 0 radical (unpaired) electrons. The summed E-state index contributed by atoms with van der Waals surface area (Å²) in [5.74, 6) is 1.00. The molecule has 1 saturated heterocycles. The SMILES string of the molecule is Cc1cc(NC(=O)CSc2nc(=O)n(N3CCN(C)CC3)c3c2CCC3)no1. The van der Waals surface area contributed by atoms with Gasteiger partial charge in [0.1, 0.15) is 10.8 Å². The van der Waals surface area contributed by atoms with E-state index in [0.717, 1.165) is 56.7 Å². The van der Waals surface area contributed by atoms with Gasteiger partial charge in [-0.15, -0.1) is 0 Å². The van der Waals surface area contributed by atoms with Gasteiger partial charge in [0, 0.05) is 37.8 Å². The number of piperazine rings is 1. The molecule has 9 nitrogen and oxygen atoms in total. The third-order valence-corrected chi connectivity index (χ3v) is 6.10. The van der Waals surface area contributed by atoms with Crippen LogP contribution in [-0.4, -0.2) is 64.6 Å². The molecule has 150 valence electrons. The van der Waals surface area contributed by atoms with Crippen molar-refractivity contribution in [3.8, 4) is 0 Å². The zero-order valence-corrected chi connectivity index (χ0v) is 16.9. The predicted molar refractivity (Wildman–Crippen MR) is 107 cm³/mol. The summed E-state index contributed by atoms with van der Waals surface area (Å²) in [6.07, 6.45) is 2.77. The summed E-state index contributed by atoms with van der Waals surface area (Å²) in [5, 5.41) is 9.23. The van der Waals surface area contributed by atoms with Crippen LogP contribution < -0.4 is 16.0 Å². The van der Waals surface area contributed by atoms with Crippen LogP contribution in [0.2, 0.25) is 0 Å². The minimum absolute atomic E-state index is 0.170. The zero-order chi connectivity index (χ0) is 19.7. The number of carbonyl (C=O) groups is 1. The standard InChI is InChI=1S/C18H24N6O3S/c1-12-10-15(21-27-12)19-16(25)11-28-17-13-4-3-5-14(13)24(18(26)20-17)23-8-6-22(2)7-9-23/h10H,3-9,11H2,1-2H3,(H,19,21,25). The Morgan fingerprint density at radius 2 is 2.07 bits per heavy atom. The highest BCUT2D eigenvalue weighted by atomic mass is 32.2. The largest absolute Gasteiger partial charge is 0.367 e. The first-order chi connectivity index (χ1) is 13.5. The van der Waals surface area contributed by atoms with Gasteiger partial charge in [0.2, 0.25) is 5.91 Å². The Morgan fingerprint density at radius 1 is 1.29 bits per heavy atom. The lowest BCUT2D eigenvalue weighted by atomic mass is 10.3. The van der Waals surface area contributed by atoms with Gasteiger partial charge >= 0.3 is 5.69 Å². The molecule has 1 amide bonds. The molecule has 0 unspecified atom stereocenters. The van der Waals surface area contributed by atoms with E-state index in [0.29, 0.717) is 16.6 Å². The molecular weight excluding hydrogens is 380 g/mol. The number of anilines is 1. The molecule has 0 atom stereocenters. The lowest BCUT2D eigenvalue weighted by Crippen LogP contribution is -2.54. The maximum Gasteiger partial charge on any atom is 0.367 e. The maximum absolute atomic E-state index is 12.8. The lowest BCUT2D eigenvalue weighted by Gasteiger charge is -2.35. The van der Waals surface area contributed by atoms with Crippen molar-refractivity contribution in [1.29, 1.82) is 0 Å². The number of hydrogen-bond acceptors (Lipinski definition) is 8. The Bertz CT molecular complexity index is 932. The molecule has 10 heteroatoms. The van der Waals surface area contributed by atoms with Gasteiger partial charge in [0.15, 0.2) is 5.82 Å². The fourth-order valence-corrected chi connectivity index (χ4v) is 4.53. The summed E-state index contributed by atoms with van der Waals surface area (Å²) >= 11 is 1.31. The predicted octanol–water partition coefficient (Wildman–Crippen LogP) is 0.643. The van der Waals surface area contributed by atoms with Crippen LogP contribution in [0.3, 0.4) is 0 Å². The van der Waals surface area contributed by atoms with Gasteiger partial charge in [-0.25, -0.2) is 9.47 Å². The van der Waals surface area contributed by atoms with E-state index in [1.807, 2.05) is 0 Å². The van der Waals surface area contributed by atoms with E-state index in [4.69, 9.17) is 4.52 Å². The van der Waals surface area contributed by atoms with Gasteiger partial charge < -0.3 is 19.7 Å². The second-order valence-corrected chi connectivity index (χ2v) is 8.17. The number of rotatable bonds is 5. The quantitative estimate of drug-likeness (QED) is 0.573. The van der Waals surface area contributed by atoms with E-state index in [1.165, 1.54) is 11.8 Å². The molecule has 28 heavy (non-hydrogen) atoms. The fraction of sp³-hybridized carbons (Fsp3) is 0.556. The second-order valence-electron chi connectivity index (χ2n) is 7.21. The molecule has 3 heterocycles. The van der Waals surface area contributed by atoms with E-state index < -0.39 is 0 Å². The smallest absolute Gasteiger partial charge is 0.360 e. The topological polar surface area (TPSA) is 96.5 Å². The highest BCUT2D eigenvalue weighted by Gasteiger charge is 2.26. The summed E-state index contributed by atoms with van der Waals surface area (Å²) in [5.41, 5.74) is 1.91. The number of nitrogens with one attached hydrogen (secondary N) is 1. The van der Waals surface area contributed by atoms with E-state index in [1.54, 1.807) is 17.7 Å². The molecule has 1 aliphatic carbocycles. The molecular formula is C18H24N6O3S. The molecule has 1 N–H and O–H groups in total. The highest BCUT2D eigenvalue weighted by molar-refractivity contribution is 8.00. The monoisotopic (exact) mass is 404 g/mol. The Balaban J connectivity index is 1.49. The van der Waals surface area contributed by atoms with Gasteiger partial charge in [-0.2, -0.15) is 4.98 Å². The van der Waals surface area contributed by atoms with E-state index in [-0.39, 0.29) is 17.3 Å². The summed E-state index contributed by atoms with van der Waals surface area (Å²) in [6.45, 7) is 5.26. The van der Waals surface area contributed by atoms with Crippen molar-refractivity contribution in [2.75, 3.05) is 49.3 Å². The van der Waals surface area contributed by atoms with Crippen molar-refractivity contribution in [3.63, 3.8) is 0 Å². The molecule has 1 aliphatic heterocycles. The summed E-state index contributed by atoms with van der Waals surface area (Å²) in [6, 6.07) is 1.66. The van der Waals surface area contributed by atoms with Crippen LogP contribution in [0, 0.1) is 6.92 Å². The number of amides is 1. The van der Waals surface area contributed by atoms with Gasteiger partial charge in [-0.1, -0.05) is 16.9 Å². The van der Waals surface area contributed by atoms with Crippen molar-refractivity contribution < 1.29 is 9.32 Å². The first-order valence-electron chi connectivity index (χ1n) is 9.46. The molecule has 4 rings (SSSR count). The average molecular weight is 404 g/mol. The number of aromatic nitrogens is 3.